The van der Waals surface area contributed by atoms with Gasteiger partial charge in [0.1, 0.15) is 0 Å². The van der Waals surface area contributed by atoms with Crippen molar-refractivity contribution in [3.05, 3.63) is 0 Å². The zero-order valence-electron chi connectivity index (χ0n) is 13.1. The van der Waals surface area contributed by atoms with Crippen LogP contribution in [0.5, 0.6) is 0 Å². The van der Waals surface area contributed by atoms with E-state index in [2.05, 4.69) is 19.2 Å². The summed E-state index contributed by atoms with van der Waals surface area (Å²) in [6, 6.07) is 0. The van der Waals surface area contributed by atoms with Crippen molar-refractivity contribution in [1.82, 2.24) is 10.2 Å². The van der Waals surface area contributed by atoms with E-state index in [1.165, 1.54) is 6.42 Å². The van der Waals surface area contributed by atoms with E-state index in [0.717, 1.165) is 12.8 Å². The highest BCUT2D eigenvalue weighted by Gasteiger charge is 2.30. The van der Waals surface area contributed by atoms with Crippen molar-refractivity contribution in [1.29, 1.82) is 0 Å². The van der Waals surface area contributed by atoms with Crippen LogP contribution in [-0.4, -0.2) is 48.7 Å². The van der Waals surface area contributed by atoms with Crippen LogP contribution in [0, 0.1) is 17.8 Å². The van der Waals surface area contributed by atoms with Crippen molar-refractivity contribution in [2.24, 2.45) is 17.8 Å². The lowest BCUT2D eigenvalue weighted by Gasteiger charge is -2.32. The maximum atomic E-state index is 12.2. The summed E-state index contributed by atoms with van der Waals surface area (Å²) >= 11 is 0. The Morgan fingerprint density at radius 2 is 1.79 bits per heavy atom. The number of hydrogen-bond acceptors (Lipinski definition) is 3. The van der Waals surface area contributed by atoms with Crippen LogP contribution in [0.4, 0.5) is 0 Å². The van der Waals surface area contributed by atoms with E-state index in [1.54, 1.807) is 6.92 Å². The predicted molar refractivity (Wildman–Crippen MR) is 77.9 cm³/mol. The molecule has 3 atom stereocenters. The van der Waals surface area contributed by atoms with Crippen LogP contribution in [0.2, 0.25) is 0 Å². The molecule has 0 heterocycles. The third-order valence-electron chi connectivity index (χ3n) is 3.85. The van der Waals surface area contributed by atoms with Gasteiger partial charge in [-0.05, 0) is 52.1 Å². The third kappa shape index (κ3) is 5.91. The molecule has 0 aromatic heterocycles. The Bertz CT molecular complexity index is 293. The van der Waals surface area contributed by atoms with Gasteiger partial charge in [-0.3, -0.25) is 4.79 Å². The fourth-order valence-corrected chi connectivity index (χ4v) is 3.32. The van der Waals surface area contributed by atoms with E-state index in [0.29, 0.717) is 24.9 Å². The molecule has 0 aliphatic heterocycles. The Balaban J connectivity index is 2.42. The van der Waals surface area contributed by atoms with E-state index < -0.39 is 5.60 Å². The van der Waals surface area contributed by atoms with Gasteiger partial charge in [0.15, 0.2) is 0 Å². The summed E-state index contributed by atoms with van der Waals surface area (Å²) in [6.45, 7) is 7.07. The number of carbonyl (C=O) groups is 1. The molecule has 1 saturated carbocycles. The van der Waals surface area contributed by atoms with Crippen LogP contribution in [-0.2, 0) is 4.79 Å². The maximum absolute atomic E-state index is 12.2. The minimum atomic E-state index is -0.870. The quantitative estimate of drug-likeness (QED) is 0.796. The van der Waals surface area contributed by atoms with E-state index in [4.69, 9.17) is 0 Å². The van der Waals surface area contributed by atoms with Gasteiger partial charge >= 0.3 is 0 Å². The fraction of sp³-hybridized carbons (Fsp3) is 0.933. The Morgan fingerprint density at radius 3 is 2.26 bits per heavy atom. The number of amides is 1. The lowest BCUT2D eigenvalue weighted by molar-refractivity contribution is -0.128. The molecule has 112 valence electrons. The van der Waals surface area contributed by atoms with Gasteiger partial charge in [0.2, 0.25) is 5.91 Å². The minimum Gasteiger partial charge on any atom is -0.387 e. The van der Waals surface area contributed by atoms with E-state index in [1.807, 2.05) is 19.0 Å². The van der Waals surface area contributed by atoms with Gasteiger partial charge < -0.3 is 15.3 Å². The fourth-order valence-electron chi connectivity index (χ4n) is 3.32. The van der Waals surface area contributed by atoms with Gasteiger partial charge in [0.05, 0.1) is 5.60 Å². The third-order valence-corrected chi connectivity index (χ3v) is 3.85. The van der Waals surface area contributed by atoms with Crippen molar-refractivity contribution < 1.29 is 9.90 Å². The first-order valence-electron chi connectivity index (χ1n) is 7.34. The smallest absolute Gasteiger partial charge is 0.223 e. The molecule has 0 radical (unpaired) electrons. The summed E-state index contributed by atoms with van der Waals surface area (Å²) < 4.78 is 0. The van der Waals surface area contributed by atoms with Crippen LogP contribution >= 0.6 is 0 Å². The second-order valence-electron chi connectivity index (χ2n) is 7.07. The van der Waals surface area contributed by atoms with Gasteiger partial charge in [0, 0.05) is 19.0 Å². The molecule has 1 rings (SSSR count). The number of nitrogens with zero attached hydrogens (tertiary/aromatic N) is 1. The molecular formula is C15H30N2O2. The van der Waals surface area contributed by atoms with E-state index in [-0.39, 0.29) is 11.8 Å². The van der Waals surface area contributed by atoms with Crippen LogP contribution in [0.25, 0.3) is 0 Å². The lowest BCUT2D eigenvalue weighted by atomic mass is 9.76. The van der Waals surface area contributed by atoms with Crippen molar-refractivity contribution >= 4 is 5.91 Å². The number of likely N-dealkylation sites (N-methyl/N-ethyl adjacent to an activating group) is 1. The normalized spacial score (nSPS) is 31.0. The lowest BCUT2D eigenvalue weighted by Crippen LogP contribution is -2.48. The number of rotatable bonds is 5. The Kier molecular flexibility index (Phi) is 5.81. The summed E-state index contributed by atoms with van der Waals surface area (Å²) in [6.07, 6.45) is 3.18. The highest BCUT2D eigenvalue weighted by molar-refractivity contribution is 5.78. The summed E-state index contributed by atoms with van der Waals surface area (Å²) in [5.41, 5.74) is -0.870. The van der Waals surface area contributed by atoms with E-state index >= 15 is 0 Å². The van der Waals surface area contributed by atoms with Crippen molar-refractivity contribution in [2.45, 2.75) is 45.6 Å². The molecule has 0 bridgehead atoms. The highest BCUT2D eigenvalue weighted by atomic mass is 16.3. The molecule has 1 aliphatic rings. The van der Waals surface area contributed by atoms with Gasteiger partial charge in [-0.25, -0.2) is 0 Å². The van der Waals surface area contributed by atoms with Crippen LogP contribution in [0.1, 0.15) is 40.0 Å². The van der Waals surface area contributed by atoms with Crippen LogP contribution in [0.15, 0.2) is 0 Å². The SMILES string of the molecule is CC1CC(C)CC(C(=O)NCC(C)(O)CN(C)C)C1. The monoisotopic (exact) mass is 270 g/mol. The standard InChI is InChI=1S/C15H30N2O2/c1-11-6-12(2)8-13(7-11)14(18)16-9-15(3,19)10-17(4)5/h11-13,19H,6-10H2,1-5H3,(H,16,18). The average Bonchev–Trinajstić information content (AvgIpc) is 2.22. The molecule has 1 aliphatic carbocycles. The van der Waals surface area contributed by atoms with Crippen LogP contribution < -0.4 is 5.32 Å². The van der Waals surface area contributed by atoms with Gasteiger partial charge in [-0.2, -0.15) is 0 Å². The summed E-state index contributed by atoms with van der Waals surface area (Å²) in [5.74, 6) is 1.48. The first-order chi connectivity index (χ1) is 8.69. The molecule has 0 aromatic carbocycles. The molecule has 1 amide bonds. The summed E-state index contributed by atoms with van der Waals surface area (Å²) in [7, 11) is 3.83. The number of nitrogens with one attached hydrogen (secondary N) is 1. The summed E-state index contributed by atoms with van der Waals surface area (Å²) in [5, 5.41) is 13.1. The molecule has 1 fully saturated rings. The van der Waals surface area contributed by atoms with Crippen molar-refractivity contribution in [2.75, 3.05) is 27.2 Å². The average molecular weight is 270 g/mol. The van der Waals surface area contributed by atoms with Gasteiger partial charge in [0.25, 0.3) is 0 Å². The highest BCUT2D eigenvalue weighted by Crippen LogP contribution is 2.32. The molecule has 3 unspecified atom stereocenters. The molecule has 2 N–H and O–H groups in total. The molecule has 4 heteroatoms. The Hall–Kier alpha value is -0.610. The zero-order valence-corrected chi connectivity index (χ0v) is 13.1. The number of carbonyl (C=O) groups excluding carboxylic acids is 1. The molecule has 0 saturated heterocycles. The van der Waals surface area contributed by atoms with Gasteiger partial charge in [-0.1, -0.05) is 13.8 Å². The zero-order chi connectivity index (χ0) is 14.6. The maximum Gasteiger partial charge on any atom is 0.223 e. The van der Waals surface area contributed by atoms with Crippen molar-refractivity contribution in [3.63, 3.8) is 0 Å². The van der Waals surface area contributed by atoms with E-state index in [9.17, 15) is 9.90 Å². The van der Waals surface area contributed by atoms with Gasteiger partial charge in [-0.15, -0.1) is 0 Å². The summed E-state index contributed by atoms with van der Waals surface area (Å²) in [4.78, 5) is 14.1. The minimum absolute atomic E-state index is 0.109. The molecule has 0 aromatic rings. The second-order valence-corrected chi connectivity index (χ2v) is 7.07. The Morgan fingerprint density at radius 1 is 1.26 bits per heavy atom. The largest absolute Gasteiger partial charge is 0.387 e. The number of aliphatic hydroxyl groups is 1. The van der Waals surface area contributed by atoms with Crippen LogP contribution in [0.3, 0.4) is 0 Å². The Labute approximate surface area is 117 Å². The number of hydrogen-bond donors (Lipinski definition) is 2. The molecule has 19 heavy (non-hydrogen) atoms. The first-order valence-corrected chi connectivity index (χ1v) is 7.34. The molecule has 0 spiro atoms. The first kappa shape index (κ1) is 16.4. The topological polar surface area (TPSA) is 52.6 Å². The predicted octanol–water partition coefficient (Wildman–Crippen LogP) is 1.49. The second kappa shape index (κ2) is 6.71. The van der Waals surface area contributed by atoms with Crippen molar-refractivity contribution in [3.8, 4) is 0 Å². The molecular weight excluding hydrogens is 240 g/mol. The molecule has 4 nitrogen and oxygen atoms in total.